The number of aliphatic hydroxyl groups is 1. The smallest absolute Gasteiger partial charge is 0.158 e. The fourth-order valence-corrected chi connectivity index (χ4v) is 7.94. The molecule has 0 saturated carbocycles. The Morgan fingerprint density at radius 2 is 1.26 bits per heavy atom. The maximum atomic E-state index is 12.2. The highest BCUT2D eigenvalue weighted by Crippen LogP contribution is 2.49. The quantitative estimate of drug-likeness (QED) is 0.156. The Hall–Kier alpha value is -3.28. The Labute approximate surface area is 286 Å². The summed E-state index contributed by atoms with van der Waals surface area (Å²) in [6.45, 7) is 25.6. The molecule has 3 aromatic carbocycles. The molecule has 47 heavy (non-hydrogen) atoms. The number of aliphatic hydroxyl groups excluding tert-OH is 1. The fourth-order valence-electron chi connectivity index (χ4n) is 6.99. The van der Waals surface area contributed by atoms with Crippen molar-refractivity contribution in [3.8, 4) is 27.6 Å². The van der Waals surface area contributed by atoms with Gasteiger partial charge in [-0.15, -0.1) is 11.3 Å². The van der Waals surface area contributed by atoms with Crippen molar-refractivity contribution in [2.75, 3.05) is 13.2 Å². The van der Waals surface area contributed by atoms with Gasteiger partial charge in [-0.05, 0) is 94.0 Å². The molecule has 2 heterocycles. The Bertz CT molecular complexity index is 1810. The van der Waals surface area contributed by atoms with Gasteiger partial charge in [0.05, 0.1) is 28.2 Å². The fraction of sp³-hybridized carbons (Fsp3) is 0.476. The largest absolute Gasteiger partial charge is 0.504 e. The molecular formula is C42H55NO3S. The van der Waals surface area contributed by atoms with E-state index in [4.69, 9.17) is 4.74 Å². The predicted molar refractivity (Wildman–Crippen MR) is 202 cm³/mol. The van der Waals surface area contributed by atoms with Crippen LogP contribution in [0.4, 0.5) is 0 Å². The van der Waals surface area contributed by atoms with Gasteiger partial charge in [-0.1, -0.05) is 94.4 Å². The maximum absolute atomic E-state index is 12.2. The Morgan fingerprint density at radius 1 is 0.702 bits per heavy atom. The normalized spacial score (nSPS) is 13.2. The number of fused-ring (bicyclic) bond motifs is 3. The number of hydrogen-bond donors (Lipinski definition) is 2. The predicted octanol–water partition coefficient (Wildman–Crippen LogP) is 11.7. The molecule has 0 saturated heterocycles. The molecule has 4 nitrogen and oxygen atoms in total. The Morgan fingerprint density at radius 3 is 1.77 bits per heavy atom. The van der Waals surface area contributed by atoms with Crippen LogP contribution in [-0.4, -0.2) is 28.0 Å². The molecule has 5 heteroatoms. The number of thiophene rings is 1. The van der Waals surface area contributed by atoms with E-state index in [0.29, 0.717) is 13.0 Å². The third-order valence-corrected chi connectivity index (χ3v) is 10.3. The molecule has 2 N–H and O–H groups in total. The summed E-state index contributed by atoms with van der Waals surface area (Å²) in [5, 5.41) is 26.0. The molecule has 0 atom stereocenters. The first-order valence-electron chi connectivity index (χ1n) is 17.1. The highest BCUT2D eigenvalue weighted by molar-refractivity contribution is 7.14. The summed E-state index contributed by atoms with van der Waals surface area (Å²) in [4.78, 5) is 0.804. The number of nitrogens with zero attached hydrogens (tertiary/aromatic N) is 1. The van der Waals surface area contributed by atoms with Gasteiger partial charge in [0.15, 0.2) is 5.75 Å². The number of rotatable bonds is 9. The van der Waals surface area contributed by atoms with Gasteiger partial charge in [0, 0.05) is 28.3 Å². The number of aromatic nitrogens is 1. The second-order valence-corrected chi connectivity index (χ2v) is 18.1. The van der Waals surface area contributed by atoms with Crippen LogP contribution in [0.2, 0.25) is 0 Å². The van der Waals surface area contributed by atoms with E-state index >= 15 is 0 Å². The monoisotopic (exact) mass is 653 g/mol. The molecule has 0 amide bonds. The first-order valence-corrected chi connectivity index (χ1v) is 18.0. The summed E-state index contributed by atoms with van der Waals surface area (Å²) in [5.74, 6) is 1.02. The minimum Gasteiger partial charge on any atom is -0.504 e. The van der Waals surface area contributed by atoms with E-state index in [9.17, 15) is 10.2 Å². The summed E-state index contributed by atoms with van der Waals surface area (Å²) < 4.78 is 8.56. The lowest BCUT2D eigenvalue weighted by molar-refractivity contribution is 0.253. The van der Waals surface area contributed by atoms with Crippen LogP contribution in [0.25, 0.3) is 37.9 Å². The molecule has 0 aliphatic carbocycles. The van der Waals surface area contributed by atoms with Crippen LogP contribution in [0, 0.1) is 5.41 Å². The SMILES string of the molecule is CC(C)(C)CC(C)(C)c1ccc(OCCCCO)c(-c2scc(-n3c4ccc(C(C)(C)C)cc4c4cc(C(C)(C)C)ccc43)c2O)c1. The van der Waals surface area contributed by atoms with Gasteiger partial charge in [-0.2, -0.15) is 0 Å². The van der Waals surface area contributed by atoms with Crippen LogP contribution in [0.15, 0.2) is 60.0 Å². The van der Waals surface area contributed by atoms with Crippen molar-refractivity contribution in [3.63, 3.8) is 0 Å². The highest BCUT2D eigenvalue weighted by Gasteiger charge is 2.30. The number of benzene rings is 3. The molecule has 2 aromatic heterocycles. The van der Waals surface area contributed by atoms with E-state index in [0.717, 1.165) is 45.8 Å². The minimum atomic E-state index is -0.0690. The van der Waals surface area contributed by atoms with Crippen molar-refractivity contribution in [3.05, 3.63) is 76.7 Å². The van der Waals surface area contributed by atoms with Gasteiger partial charge in [-0.3, -0.25) is 0 Å². The van der Waals surface area contributed by atoms with Gasteiger partial charge in [0.25, 0.3) is 0 Å². The number of hydrogen-bond acceptors (Lipinski definition) is 4. The zero-order valence-corrected chi connectivity index (χ0v) is 31.3. The molecule has 0 fully saturated rings. The molecule has 0 unspecified atom stereocenters. The maximum Gasteiger partial charge on any atom is 0.158 e. The highest BCUT2D eigenvalue weighted by atomic mass is 32.1. The van der Waals surface area contributed by atoms with Crippen LogP contribution >= 0.6 is 11.3 Å². The number of aromatic hydroxyl groups is 1. The molecule has 5 aromatic rings. The van der Waals surface area contributed by atoms with Crippen molar-refractivity contribution in [2.24, 2.45) is 5.41 Å². The van der Waals surface area contributed by atoms with Crippen molar-refractivity contribution >= 4 is 33.1 Å². The molecule has 0 radical (unpaired) electrons. The first kappa shape index (κ1) is 35.0. The second-order valence-electron chi connectivity index (χ2n) is 17.2. The van der Waals surface area contributed by atoms with Crippen LogP contribution in [-0.2, 0) is 16.2 Å². The lowest BCUT2D eigenvalue weighted by Gasteiger charge is -2.33. The lowest BCUT2D eigenvalue weighted by Crippen LogP contribution is -2.24. The summed E-state index contributed by atoms with van der Waals surface area (Å²) in [6, 6.07) is 20.0. The van der Waals surface area contributed by atoms with E-state index in [1.54, 1.807) is 11.3 Å². The standard InChI is InChI=1S/C42H55NO3S/c1-39(2,3)26-42(10,11)29-16-19-36(46-21-13-12-20-44)32(24-29)38-37(45)35(25-47-38)43-33-17-14-27(40(4,5)6)22-30(33)31-23-28(41(7,8)9)15-18-34(31)43/h14-19,22-25,44-45H,12-13,20-21,26H2,1-11H3. The third-order valence-electron chi connectivity index (χ3n) is 9.27. The first-order chi connectivity index (χ1) is 21.8. The Balaban J connectivity index is 1.72. The van der Waals surface area contributed by atoms with E-state index in [1.165, 1.54) is 27.5 Å². The molecular weight excluding hydrogens is 599 g/mol. The van der Waals surface area contributed by atoms with Crippen LogP contribution in [0.3, 0.4) is 0 Å². The number of unbranched alkanes of at least 4 members (excludes halogenated alkanes) is 1. The van der Waals surface area contributed by atoms with Gasteiger partial charge < -0.3 is 19.5 Å². The van der Waals surface area contributed by atoms with Gasteiger partial charge in [0.1, 0.15) is 5.75 Å². The minimum absolute atomic E-state index is 0.0152. The summed E-state index contributed by atoms with van der Waals surface area (Å²) in [7, 11) is 0. The Kier molecular flexibility index (Phi) is 9.42. The molecule has 0 spiro atoms. The zero-order valence-electron chi connectivity index (χ0n) is 30.5. The van der Waals surface area contributed by atoms with Crippen LogP contribution in [0.5, 0.6) is 11.5 Å². The van der Waals surface area contributed by atoms with Gasteiger partial charge in [0.2, 0.25) is 0 Å². The summed E-state index contributed by atoms with van der Waals surface area (Å²) >= 11 is 1.56. The molecule has 0 aliphatic heterocycles. The van der Waals surface area contributed by atoms with Gasteiger partial charge >= 0.3 is 0 Å². The van der Waals surface area contributed by atoms with Crippen LogP contribution < -0.4 is 4.74 Å². The van der Waals surface area contributed by atoms with Crippen molar-refractivity contribution < 1.29 is 14.9 Å². The molecule has 5 rings (SSSR count). The van der Waals surface area contributed by atoms with Crippen molar-refractivity contribution in [1.82, 2.24) is 4.57 Å². The van der Waals surface area contributed by atoms with Crippen molar-refractivity contribution in [2.45, 2.75) is 112 Å². The second kappa shape index (κ2) is 12.6. The number of ether oxygens (including phenoxy) is 1. The zero-order chi connectivity index (χ0) is 34.5. The topological polar surface area (TPSA) is 54.6 Å². The van der Waals surface area contributed by atoms with E-state index < -0.39 is 0 Å². The molecule has 252 valence electrons. The van der Waals surface area contributed by atoms with E-state index in [2.05, 4.69) is 141 Å². The average molecular weight is 654 g/mol. The lowest BCUT2D eigenvalue weighted by atomic mass is 9.72. The third kappa shape index (κ3) is 7.27. The molecule has 0 aliphatic rings. The van der Waals surface area contributed by atoms with E-state index in [-0.39, 0.29) is 34.0 Å². The molecule has 0 bridgehead atoms. The average Bonchev–Trinajstić information content (AvgIpc) is 3.49. The van der Waals surface area contributed by atoms with E-state index in [1.807, 2.05) is 0 Å². The van der Waals surface area contributed by atoms with Gasteiger partial charge in [-0.25, -0.2) is 0 Å². The summed E-state index contributed by atoms with van der Waals surface area (Å²) in [5.41, 5.74) is 7.78. The van der Waals surface area contributed by atoms with Crippen LogP contribution in [0.1, 0.15) is 112 Å². The summed E-state index contributed by atoms with van der Waals surface area (Å²) in [6.07, 6.45) is 2.48. The van der Waals surface area contributed by atoms with Crippen molar-refractivity contribution in [1.29, 1.82) is 0 Å².